The monoisotopic (exact) mass is 433 g/mol. The van der Waals surface area contributed by atoms with Crippen LogP contribution >= 0.6 is 0 Å². The molecule has 0 aliphatic heterocycles. The zero-order valence-corrected chi connectivity index (χ0v) is 19.5. The number of benzene rings is 2. The molecule has 1 atom stereocenters. The maximum absolute atomic E-state index is 12.6. The molecule has 3 rings (SSSR count). The molecule has 5 nitrogen and oxygen atoms in total. The molecule has 1 unspecified atom stereocenters. The van der Waals surface area contributed by atoms with Crippen molar-refractivity contribution >= 4 is 16.9 Å². The number of ether oxygens (including phenoxy) is 1. The molecule has 1 heterocycles. The zero-order chi connectivity index (χ0) is 22.9. The van der Waals surface area contributed by atoms with E-state index in [1.807, 2.05) is 49.4 Å². The fourth-order valence-electron chi connectivity index (χ4n) is 4.09. The number of rotatable bonds is 12. The number of allylic oxidation sites excluding steroid dienone is 1. The van der Waals surface area contributed by atoms with Crippen molar-refractivity contribution in [3.05, 3.63) is 72.6 Å². The molecule has 0 saturated carbocycles. The van der Waals surface area contributed by atoms with Crippen molar-refractivity contribution < 1.29 is 9.53 Å². The number of carbonyl (C=O) groups excluding carboxylic acids is 1. The van der Waals surface area contributed by atoms with Crippen molar-refractivity contribution in [1.29, 1.82) is 0 Å². The van der Waals surface area contributed by atoms with Gasteiger partial charge < -0.3 is 14.6 Å². The first-order valence-corrected chi connectivity index (χ1v) is 11.7. The highest BCUT2D eigenvalue weighted by Gasteiger charge is 2.21. The largest absolute Gasteiger partial charge is 0.493 e. The van der Waals surface area contributed by atoms with Crippen molar-refractivity contribution in [2.45, 2.75) is 59.0 Å². The number of hydrogen-bond acceptors (Lipinski definition) is 3. The number of para-hydroxylation sites is 3. The minimum Gasteiger partial charge on any atom is -0.493 e. The number of fused-ring (bicyclic) bond motifs is 1. The Labute approximate surface area is 191 Å². The molecule has 170 valence electrons. The summed E-state index contributed by atoms with van der Waals surface area (Å²) in [6, 6.07) is 16.1. The van der Waals surface area contributed by atoms with E-state index in [4.69, 9.17) is 9.72 Å². The van der Waals surface area contributed by atoms with Gasteiger partial charge in [0.2, 0.25) is 5.91 Å². The zero-order valence-electron chi connectivity index (χ0n) is 19.5. The van der Waals surface area contributed by atoms with E-state index >= 15 is 0 Å². The van der Waals surface area contributed by atoms with Gasteiger partial charge in [-0.2, -0.15) is 0 Å². The molecule has 0 saturated heterocycles. The van der Waals surface area contributed by atoms with Crippen LogP contribution < -0.4 is 10.1 Å². The van der Waals surface area contributed by atoms with Gasteiger partial charge in [-0.25, -0.2) is 4.98 Å². The Balaban J connectivity index is 1.72. The molecule has 0 fully saturated rings. The smallest absolute Gasteiger partial charge is 0.223 e. The topological polar surface area (TPSA) is 56.1 Å². The highest BCUT2D eigenvalue weighted by Crippen LogP contribution is 2.23. The van der Waals surface area contributed by atoms with Gasteiger partial charge in [0.15, 0.2) is 0 Å². The molecule has 3 aromatic rings. The third-order valence-electron chi connectivity index (χ3n) is 5.91. The summed E-state index contributed by atoms with van der Waals surface area (Å²) in [6.45, 7) is 11.3. The van der Waals surface area contributed by atoms with Gasteiger partial charge in [-0.15, -0.1) is 6.58 Å². The van der Waals surface area contributed by atoms with Crippen molar-refractivity contribution in [2.75, 3.05) is 6.61 Å². The summed E-state index contributed by atoms with van der Waals surface area (Å²) in [6.07, 6.45) is 5.21. The summed E-state index contributed by atoms with van der Waals surface area (Å²) in [5.41, 5.74) is 3.18. The molecule has 0 radical (unpaired) electrons. The first-order valence-electron chi connectivity index (χ1n) is 11.7. The summed E-state index contributed by atoms with van der Waals surface area (Å²) in [4.78, 5) is 17.5. The SMILES string of the molecule is C=CCc1ccccc1OCCCn1c(C(C)NC(=O)C(CC)CC)nc2ccccc21. The lowest BCUT2D eigenvalue weighted by atomic mass is 10.0. The highest BCUT2D eigenvalue weighted by atomic mass is 16.5. The van der Waals surface area contributed by atoms with Crippen LogP contribution in [0.1, 0.15) is 57.5 Å². The van der Waals surface area contributed by atoms with Crippen molar-refractivity contribution in [3.63, 3.8) is 0 Å². The molecule has 1 N–H and O–H groups in total. The van der Waals surface area contributed by atoms with E-state index < -0.39 is 0 Å². The fourth-order valence-corrected chi connectivity index (χ4v) is 4.09. The summed E-state index contributed by atoms with van der Waals surface area (Å²) >= 11 is 0. The lowest BCUT2D eigenvalue weighted by Crippen LogP contribution is -2.33. The Bertz CT molecular complexity index is 1040. The molecule has 2 aromatic carbocycles. The van der Waals surface area contributed by atoms with Crippen LogP contribution in [0.3, 0.4) is 0 Å². The summed E-state index contributed by atoms with van der Waals surface area (Å²) in [5, 5.41) is 3.17. The van der Waals surface area contributed by atoms with Crippen LogP contribution in [0, 0.1) is 5.92 Å². The van der Waals surface area contributed by atoms with Crippen LogP contribution in [-0.2, 0) is 17.8 Å². The average Bonchev–Trinajstić information content (AvgIpc) is 3.17. The minimum absolute atomic E-state index is 0.0410. The normalized spacial score (nSPS) is 12.1. The first-order chi connectivity index (χ1) is 15.6. The second-order valence-electron chi connectivity index (χ2n) is 8.16. The Morgan fingerprint density at radius 3 is 2.62 bits per heavy atom. The lowest BCUT2D eigenvalue weighted by molar-refractivity contribution is -0.125. The van der Waals surface area contributed by atoms with Crippen LogP contribution in [0.25, 0.3) is 11.0 Å². The fraction of sp³-hybridized carbons (Fsp3) is 0.407. The number of carbonyl (C=O) groups is 1. The van der Waals surface area contributed by atoms with Gasteiger partial charge in [-0.3, -0.25) is 4.79 Å². The van der Waals surface area contributed by atoms with Crippen LogP contribution in [0.4, 0.5) is 0 Å². The van der Waals surface area contributed by atoms with Gasteiger partial charge in [0.25, 0.3) is 0 Å². The van der Waals surface area contributed by atoms with E-state index in [0.717, 1.165) is 60.4 Å². The standard InChI is InChI=1S/C27H35N3O2/c1-5-13-22-14-8-11-17-25(22)32-19-12-18-30-24-16-10-9-15-23(24)29-26(30)20(4)28-27(31)21(6-2)7-3/h5,8-11,14-17,20-21H,1,6-7,12-13,18-19H2,2-4H3,(H,28,31). The molecule has 0 spiro atoms. The maximum Gasteiger partial charge on any atom is 0.223 e. The Kier molecular flexibility index (Phi) is 8.48. The molecule has 0 aliphatic rings. The number of aryl methyl sites for hydroxylation is 1. The molecule has 5 heteroatoms. The predicted molar refractivity (Wildman–Crippen MR) is 131 cm³/mol. The van der Waals surface area contributed by atoms with Crippen molar-refractivity contribution in [1.82, 2.24) is 14.9 Å². The van der Waals surface area contributed by atoms with E-state index in [1.165, 1.54) is 0 Å². The summed E-state index contributed by atoms with van der Waals surface area (Å²) in [5.74, 6) is 1.94. The third-order valence-corrected chi connectivity index (χ3v) is 5.91. The van der Waals surface area contributed by atoms with Crippen LogP contribution in [0.15, 0.2) is 61.2 Å². The number of nitrogens with zero attached hydrogens (tertiary/aromatic N) is 2. The molecule has 32 heavy (non-hydrogen) atoms. The second kappa shape index (κ2) is 11.5. The van der Waals surface area contributed by atoms with Gasteiger partial charge >= 0.3 is 0 Å². The quantitative estimate of drug-likeness (QED) is 0.288. The molecule has 0 aliphatic carbocycles. The minimum atomic E-state index is -0.162. The van der Waals surface area contributed by atoms with Gasteiger partial charge in [0.1, 0.15) is 11.6 Å². The van der Waals surface area contributed by atoms with Crippen LogP contribution in [-0.4, -0.2) is 22.1 Å². The summed E-state index contributed by atoms with van der Waals surface area (Å²) in [7, 11) is 0. The molecule has 1 amide bonds. The van der Waals surface area contributed by atoms with Crippen LogP contribution in [0.5, 0.6) is 5.75 Å². The van der Waals surface area contributed by atoms with Gasteiger partial charge in [-0.05, 0) is 56.4 Å². The molecule has 0 bridgehead atoms. The van der Waals surface area contributed by atoms with E-state index in [1.54, 1.807) is 0 Å². The van der Waals surface area contributed by atoms with Crippen LogP contribution in [0.2, 0.25) is 0 Å². The van der Waals surface area contributed by atoms with Gasteiger partial charge in [-0.1, -0.05) is 50.3 Å². The van der Waals surface area contributed by atoms with Crippen molar-refractivity contribution in [3.8, 4) is 5.75 Å². The van der Waals surface area contributed by atoms with Crippen molar-refractivity contribution in [2.24, 2.45) is 5.92 Å². The molecule has 1 aromatic heterocycles. The number of nitrogens with one attached hydrogen (secondary N) is 1. The summed E-state index contributed by atoms with van der Waals surface area (Å²) < 4.78 is 8.29. The number of hydrogen-bond donors (Lipinski definition) is 1. The Hall–Kier alpha value is -3.08. The Morgan fingerprint density at radius 2 is 1.88 bits per heavy atom. The number of amides is 1. The molecular formula is C27H35N3O2. The lowest BCUT2D eigenvalue weighted by Gasteiger charge is -2.19. The van der Waals surface area contributed by atoms with E-state index in [9.17, 15) is 4.79 Å². The van der Waals surface area contributed by atoms with E-state index in [0.29, 0.717) is 6.61 Å². The highest BCUT2D eigenvalue weighted by molar-refractivity contribution is 5.79. The number of aromatic nitrogens is 2. The average molecular weight is 434 g/mol. The predicted octanol–water partition coefficient (Wildman–Crippen LogP) is 5.85. The second-order valence-corrected chi connectivity index (χ2v) is 8.16. The van der Waals surface area contributed by atoms with Gasteiger partial charge in [0, 0.05) is 12.5 Å². The Morgan fingerprint density at radius 1 is 1.16 bits per heavy atom. The maximum atomic E-state index is 12.6. The number of imidazole rings is 1. The van der Waals surface area contributed by atoms with Gasteiger partial charge in [0.05, 0.1) is 23.7 Å². The third kappa shape index (κ3) is 5.58. The first kappa shape index (κ1) is 23.6. The van der Waals surface area contributed by atoms with E-state index in [-0.39, 0.29) is 17.9 Å². The van der Waals surface area contributed by atoms with E-state index in [2.05, 4.69) is 42.4 Å². The molecular weight excluding hydrogens is 398 g/mol.